The number of aromatic nitrogens is 3. The van der Waals surface area contributed by atoms with Crippen molar-refractivity contribution >= 4 is 16.9 Å². The van der Waals surface area contributed by atoms with Crippen molar-refractivity contribution in [1.29, 1.82) is 0 Å². The lowest BCUT2D eigenvalue weighted by atomic mass is 10.1. The van der Waals surface area contributed by atoms with Gasteiger partial charge < -0.3 is 20.2 Å². The summed E-state index contributed by atoms with van der Waals surface area (Å²) < 4.78 is 15.4. The molecule has 1 atom stereocenters. The van der Waals surface area contributed by atoms with Gasteiger partial charge in [-0.25, -0.2) is 9.37 Å². The number of carbonyl (C=O) groups is 1. The minimum atomic E-state index is -0.272. The number of aryl methyl sites for hydroxylation is 1. The topological polar surface area (TPSA) is 74.7 Å². The Morgan fingerprint density at radius 2 is 2.28 bits per heavy atom. The summed E-state index contributed by atoms with van der Waals surface area (Å²) in [7, 11) is 1.95. The SMILES string of the molecule is Cn1c(CCNC2CCNC(=O)c3[nH]ccc32)nc2cc(F)ccc21. The van der Waals surface area contributed by atoms with Gasteiger partial charge in [-0.1, -0.05) is 0 Å². The van der Waals surface area contributed by atoms with Crippen LogP contribution in [0.1, 0.15) is 34.3 Å². The Balaban J connectivity index is 1.47. The van der Waals surface area contributed by atoms with E-state index in [0.29, 0.717) is 17.8 Å². The van der Waals surface area contributed by atoms with Gasteiger partial charge in [0.15, 0.2) is 0 Å². The predicted molar refractivity (Wildman–Crippen MR) is 92.9 cm³/mol. The van der Waals surface area contributed by atoms with Crippen molar-refractivity contribution in [3.63, 3.8) is 0 Å². The first kappa shape index (κ1) is 15.8. The summed E-state index contributed by atoms with van der Waals surface area (Å²) in [5.74, 6) is 0.581. The fraction of sp³-hybridized carbons (Fsp3) is 0.333. The minimum absolute atomic E-state index is 0.0540. The summed E-state index contributed by atoms with van der Waals surface area (Å²) in [6.45, 7) is 1.37. The molecule has 1 unspecified atom stereocenters. The van der Waals surface area contributed by atoms with Gasteiger partial charge in [-0.05, 0) is 30.2 Å². The lowest BCUT2D eigenvalue weighted by Crippen LogP contribution is -2.26. The molecule has 0 spiro atoms. The highest BCUT2D eigenvalue weighted by atomic mass is 19.1. The molecule has 3 aromatic rings. The van der Waals surface area contributed by atoms with Crippen molar-refractivity contribution < 1.29 is 9.18 Å². The van der Waals surface area contributed by atoms with Crippen LogP contribution in [0, 0.1) is 5.82 Å². The molecule has 1 aromatic carbocycles. The fourth-order valence-electron chi connectivity index (χ4n) is 3.46. The van der Waals surface area contributed by atoms with Crippen molar-refractivity contribution in [3.8, 4) is 0 Å². The molecule has 1 amide bonds. The smallest absolute Gasteiger partial charge is 0.268 e. The number of aromatic amines is 1. The van der Waals surface area contributed by atoms with Crippen molar-refractivity contribution in [2.75, 3.05) is 13.1 Å². The molecule has 0 radical (unpaired) electrons. The molecule has 0 saturated heterocycles. The van der Waals surface area contributed by atoms with Gasteiger partial charge in [0.1, 0.15) is 17.3 Å². The lowest BCUT2D eigenvalue weighted by molar-refractivity contribution is 0.0951. The van der Waals surface area contributed by atoms with Crippen LogP contribution in [0.25, 0.3) is 11.0 Å². The molecule has 3 heterocycles. The van der Waals surface area contributed by atoms with E-state index in [2.05, 4.69) is 20.6 Å². The number of imidazole rings is 1. The maximum Gasteiger partial charge on any atom is 0.268 e. The van der Waals surface area contributed by atoms with E-state index >= 15 is 0 Å². The number of H-pyrrole nitrogens is 1. The molecule has 4 rings (SSSR count). The normalized spacial score (nSPS) is 17.4. The highest BCUT2D eigenvalue weighted by Crippen LogP contribution is 2.23. The molecule has 0 saturated carbocycles. The van der Waals surface area contributed by atoms with Crippen molar-refractivity contribution in [3.05, 3.63) is 53.4 Å². The van der Waals surface area contributed by atoms with Crippen LogP contribution in [0.4, 0.5) is 4.39 Å². The Hall–Kier alpha value is -2.67. The van der Waals surface area contributed by atoms with E-state index in [9.17, 15) is 9.18 Å². The fourth-order valence-corrected chi connectivity index (χ4v) is 3.46. The number of carbonyl (C=O) groups excluding carboxylic acids is 1. The summed E-state index contributed by atoms with van der Waals surface area (Å²) in [5.41, 5.74) is 3.23. The van der Waals surface area contributed by atoms with Crippen molar-refractivity contribution in [1.82, 2.24) is 25.2 Å². The van der Waals surface area contributed by atoms with E-state index in [0.717, 1.165) is 36.3 Å². The molecule has 1 aliphatic heterocycles. The number of amides is 1. The van der Waals surface area contributed by atoms with Crippen LogP contribution < -0.4 is 10.6 Å². The maximum atomic E-state index is 13.4. The molecule has 130 valence electrons. The highest BCUT2D eigenvalue weighted by molar-refractivity contribution is 5.94. The summed E-state index contributed by atoms with van der Waals surface area (Å²) in [6, 6.07) is 6.74. The summed E-state index contributed by atoms with van der Waals surface area (Å²) in [5, 5.41) is 6.41. The number of hydrogen-bond acceptors (Lipinski definition) is 3. The van der Waals surface area contributed by atoms with E-state index in [1.54, 1.807) is 12.3 Å². The summed E-state index contributed by atoms with van der Waals surface area (Å²) in [6.07, 6.45) is 3.36. The molecule has 3 N–H and O–H groups in total. The molecular weight excluding hydrogens is 321 g/mol. The second-order valence-electron chi connectivity index (χ2n) is 6.33. The van der Waals surface area contributed by atoms with Crippen LogP contribution in [0.2, 0.25) is 0 Å². The van der Waals surface area contributed by atoms with Crippen LogP contribution in [-0.4, -0.2) is 33.5 Å². The first-order valence-electron chi connectivity index (χ1n) is 8.43. The monoisotopic (exact) mass is 341 g/mol. The van der Waals surface area contributed by atoms with Crippen LogP contribution in [-0.2, 0) is 13.5 Å². The Bertz CT molecular complexity index is 929. The Morgan fingerprint density at radius 3 is 3.16 bits per heavy atom. The molecule has 0 bridgehead atoms. The minimum Gasteiger partial charge on any atom is -0.357 e. The average molecular weight is 341 g/mol. The van der Waals surface area contributed by atoms with E-state index < -0.39 is 0 Å². The molecule has 7 heteroatoms. The van der Waals surface area contributed by atoms with Crippen LogP contribution in [0.5, 0.6) is 0 Å². The molecule has 0 fully saturated rings. The standard InChI is InChI=1S/C18H20FN5O/c1-24-15-3-2-11(19)10-14(15)23-16(24)6-9-20-13-5-8-22-18(25)17-12(13)4-7-21-17/h2-4,7,10,13,20-21H,5-6,8-9H2,1H3,(H,22,25). The third-order valence-corrected chi connectivity index (χ3v) is 4.78. The van der Waals surface area contributed by atoms with Gasteiger partial charge in [0.2, 0.25) is 0 Å². The lowest BCUT2D eigenvalue weighted by Gasteiger charge is -2.16. The number of hydrogen-bond donors (Lipinski definition) is 3. The highest BCUT2D eigenvalue weighted by Gasteiger charge is 2.23. The largest absolute Gasteiger partial charge is 0.357 e. The number of halogens is 1. The molecule has 0 aliphatic carbocycles. The van der Waals surface area contributed by atoms with Gasteiger partial charge in [0.05, 0.1) is 11.0 Å². The van der Waals surface area contributed by atoms with Gasteiger partial charge in [-0.15, -0.1) is 0 Å². The number of benzene rings is 1. The summed E-state index contributed by atoms with van der Waals surface area (Å²) in [4.78, 5) is 19.5. The van der Waals surface area contributed by atoms with Gasteiger partial charge in [-0.3, -0.25) is 4.79 Å². The van der Waals surface area contributed by atoms with Crippen LogP contribution >= 0.6 is 0 Å². The number of rotatable bonds is 4. The third-order valence-electron chi connectivity index (χ3n) is 4.78. The Labute approximate surface area is 144 Å². The number of nitrogens with zero attached hydrogens (tertiary/aromatic N) is 2. The molecule has 25 heavy (non-hydrogen) atoms. The van der Waals surface area contributed by atoms with E-state index in [-0.39, 0.29) is 17.8 Å². The van der Waals surface area contributed by atoms with Crippen molar-refractivity contribution in [2.45, 2.75) is 18.9 Å². The predicted octanol–water partition coefficient (Wildman–Crippen LogP) is 2.05. The zero-order valence-electron chi connectivity index (χ0n) is 14.0. The number of fused-ring (bicyclic) bond motifs is 2. The van der Waals surface area contributed by atoms with E-state index in [4.69, 9.17) is 0 Å². The first-order chi connectivity index (χ1) is 12.1. The molecular formula is C18H20FN5O. The average Bonchev–Trinajstić information content (AvgIpc) is 3.15. The second kappa shape index (κ2) is 6.33. The van der Waals surface area contributed by atoms with Gasteiger partial charge >= 0.3 is 0 Å². The third kappa shape index (κ3) is 2.91. The zero-order chi connectivity index (χ0) is 17.4. The molecule has 6 nitrogen and oxygen atoms in total. The summed E-state index contributed by atoms with van der Waals surface area (Å²) >= 11 is 0. The van der Waals surface area contributed by atoms with E-state index in [1.165, 1.54) is 12.1 Å². The quantitative estimate of drug-likeness (QED) is 0.680. The van der Waals surface area contributed by atoms with Gasteiger partial charge in [0.25, 0.3) is 5.91 Å². The Morgan fingerprint density at radius 1 is 1.40 bits per heavy atom. The van der Waals surface area contributed by atoms with Crippen molar-refractivity contribution in [2.24, 2.45) is 7.05 Å². The first-order valence-corrected chi connectivity index (χ1v) is 8.43. The maximum absolute atomic E-state index is 13.4. The van der Waals surface area contributed by atoms with Gasteiger partial charge in [-0.2, -0.15) is 0 Å². The molecule has 1 aliphatic rings. The molecule has 2 aromatic heterocycles. The zero-order valence-corrected chi connectivity index (χ0v) is 14.0. The van der Waals surface area contributed by atoms with Crippen LogP contribution in [0.3, 0.4) is 0 Å². The number of nitrogens with one attached hydrogen (secondary N) is 3. The second-order valence-corrected chi connectivity index (χ2v) is 6.33. The Kier molecular flexibility index (Phi) is 4.01. The van der Waals surface area contributed by atoms with Gasteiger partial charge in [0, 0.05) is 44.9 Å². The van der Waals surface area contributed by atoms with Crippen LogP contribution in [0.15, 0.2) is 30.5 Å². The van der Waals surface area contributed by atoms with E-state index in [1.807, 2.05) is 17.7 Å².